The number of ether oxygens (including phenoxy) is 2. The summed E-state index contributed by atoms with van der Waals surface area (Å²) >= 11 is 0. The van der Waals surface area contributed by atoms with Gasteiger partial charge in [0.25, 0.3) is 11.8 Å². The zero-order valence-corrected chi connectivity index (χ0v) is 15.6. The van der Waals surface area contributed by atoms with E-state index in [1.807, 2.05) is 6.07 Å². The minimum Gasteiger partial charge on any atom is -0.493 e. The minimum atomic E-state index is -1.13. The second-order valence-electron chi connectivity index (χ2n) is 5.88. The number of carbonyl (C=O) groups is 3. The molecular formula is C20H22N2O6. The van der Waals surface area contributed by atoms with E-state index < -0.39 is 17.9 Å². The molecular weight excluding hydrogens is 364 g/mol. The second-order valence-corrected chi connectivity index (χ2v) is 5.88. The van der Waals surface area contributed by atoms with Gasteiger partial charge < -0.3 is 25.2 Å². The third-order valence-corrected chi connectivity index (χ3v) is 3.95. The molecule has 0 spiro atoms. The first-order valence-corrected chi connectivity index (χ1v) is 8.53. The Labute approximate surface area is 162 Å². The number of rotatable bonds is 9. The molecule has 0 aliphatic heterocycles. The fourth-order valence-electron chi connectivity index (χ4n) is 2.43. The summed E-state index contributed by atoms with van der Waals surface area (Å²) in [5, 5.41) is 14.4. The first-order chi connectivity index (χ1) is 13.4. The Balaban J connectivity index is 2.11. The van der Waals surface area contributed by atoms with Crippen molar-refractivity contribution >= 4 is 17.8 Å². The number of hydrogen-bond acceptors (Lipinski definition) is 5. The van der Waals surface area contributed by atoms with Crippen molar-refractivity contribution in [2.45, 2.75) is 12.5 Å². The van der Waals surface area contributed by atoms with Crippen molar-refractivity contribution in [2.24, 2.45) is 0 Å². The molecule has 0 heterocycles. The topological polar surface area (TPSA) is 114 Å². The summed E-state index contributed by atoms with van der Waals surface area (Å²) in [7, 11) is 2.89. The molecule has 0 saturated heterocycles. The highest BCUT2D eigenvalue weighted by molar-refractivity contribution is 5.97. The summed E-state index contributed by atoms with van der Waals surface area (Å²) in [6.45, 7) is -0.198. The van der Waals surface area contributed by atoms with Crippen molar-refractivity contribution in [2.75, 3.05) is 20.8 Å². The largest absolute Gasteiger partial charge is 0.493 e. The van der Waals surface area contributed by atoms with Crippen LogP contribution in [0.3, 0.4) is 0 Å². The van der Waals surface area contributed by atoms with Crippen LogP contribution in [-0.2, 0) is 16.0 Å². The maximum absolute atomic E-state index is 12.5. The molecule has 8 heteroatoms. The summed E-state index contributed by atoms with van der Waals surface area (Å²) in [5.74, 6) is -1.45. The van der Waals surface area contributed by atoms with Crippen LogP contribution >= 0.6 is 0 Å². The van der Waals surface area contributed by atoms with Crippen LogP contribution in [0.4, 0.5) is 0 Å². The monoisotopic (exact) mass is 386 g/mol. The van der Waals surface area contributed by atoms with Crippen LogP contribution in [0.15, 0.2) is 48.5 Å². The van der Waals surface area contributed by atoms with Crippen LogP contribution in [0.1, 0.15) is 15.9 Å². The van der Waals surface area contributed by atoms with E-state index in [2.05, 4.69) is 10.6 Å². The number of carbonyl (C=O) groups excluding carboxylic acids is 2. The van der Waals surface area contributed by atoms with E-state index in [9.17, 15) is 19.5 Å². The van der Waals surface area contributed by atoms with E-state index >= 15 is 0 Å². The van der Waals surface area contributed by atoms with Crippen LogP contribution < -0.4 is 20.1 Å². The second kappa shape index (κ2) is 9.96. The molecule has 0 bridgehead atoms. The van der Waals surface area contributed by atoms with Gasteiger partial charge in [-0.2, -0.15) is 0 Å². The Bertz CT molecular complexity index is 838. The van der Waals surface area contributed by atoms with Gasteiger partial charge in [-0.05, 0) is 23.8 Å². The van der Waals surface area contributed by atoms with Crippen LogP contribution in [0, 0.1) is 0 Å². The van der Waals surface area contributed by atoms with Gasteiger partial charge in [-0.3, -0.25) is 9.59 Å². The van der Waals surface area contributed by atoms with Gasteiger partial charge in [0.15, 0.2) is 18.1 Å². The molecule has 2 aromatic rings. The first-order valence-electron chi connectivity index (χ1n) is 8.53. The van der Waals surface area contributed by atoms with E-state index in [-0.39, 0.29) is 30.2 Å². The van der Waals surface area contributed by atoms with E-state index in [0.717, 1.165) is 5.56 Å². The number of hydrogen-bond donors (Lipinski definition) is 3. The lowest BCUT2D eigenvalue weighted by atomic mass is 10.1. The smallest absolute Gasteiger partial charge is 0.326 e. The van der Waals surface area contributed by atoms with Crippen molar-refractivity contribution in [3.63, 3.8) is 0 Å². The van der Waals surface area contributed by atoms with E-state index in [1.54, 1.807) is 24.3 Å². The summed E-state index contributed by atoms with van der Waals surface area (Å²) in [6.07, 6.45) is 0.159. The molecule has 0 radical (unpaired) electrons. The van der Waals surface area contributed by atoms with Crippen molar-refractivity contribution in [3.05, 3.63) is 59.7 Å². The molecule has 0 saturated carbocycles. The Morgan fingerprint density at radius 3 is 2.39 bits per heavy atom. The van der Waals surface area contributed by atoms with Crippen LogP contribution in [0.25, 0.3) is 0 Å². The number of nitrogens with one attached hydrogen (secondary N) is 2. The van der Waals surface area contributed by atoms with Gasteiger partial charge in [-0.1, -0.05) is 30.3 Å². The van der Waals surface area contributed by atoms with Gasteiger partial charge >= 0.3 is 5.97 Å². The molecule has 28 heavy (non-hydrogen) atoms. The average molecular weight is 386 g/mol. The van der Waals surface area contributed by atoms with Gasteiger partial charge in [0.2, 0.25) is 0 Å². The lowest BCUT2D eigenvalue weighted by Gasteiger charge is -2.16. The van der Waals surface area contributed by atoms with E-state index in [0.29, 0.717) is 5.75 Å². The van der Waals surface area contributed by atoms with Crippen molar-refractivity contribution in [1.82, 2.24) is 10.6 Å². The highest BCUT2D eigenvalue weighted by Crippen LogP contribution is 2.28. The molecule has 0 aliphatic rings. The third-order valence-electron chi connectivity index (χ3n) is 3.95. The number of amides is 2. The highest BCUT2D eigenvalue weighted by Gasteiger charge is 2.22. The standard InChI is InChI=1S/C20H22N2O6/c1-21-18(23)12-28-16-9-8-14(11-17(16)27-2)19(24)22-15(20(25)26)10-13-6-4-3-5-7-13/h3-9,11,15H,10,12H2,1-2H3,(H,21,23)(H,22,24)(H,25,26)/t15-/m1/s1. The van der Waals surface area contributed by atoms with E-state index in [4.69, 9.17) is 9.47 Å². The van der Waals surface area contributed by atoms with E-state index in [1.165, 1.54) is 32.4 Å². The Morgan fingerprint density at radius 1 is 1.07 bits per heavy atom. The van der Waals surface area contributed by atoms with Crippen molar-refractivity contribution in [3.8, 4) is 11.5 Å². The first kappa shape index (κ1) is 20.8. The zero-order chi connectivity index (χ0) is 20.5. The van der Waals surface area contributed by atoms with Gasteiger partial charge in [0.1, 0.15) is 6.04 Å². The number of methoxy groups -OCH3 is 1. The normalized spacial score (nSPS) is 11.2. The van der Waals surface area contributed by atoms with Crippen LogP contribution in [-0.4, -0.2) is 49.7 Å². The molecule has 0 fully saturated rings. The lowest BCUT2D eigenvalue weighted by molar-refractivity contribution is -0.139. The Morgan fingerprint density at radius 2 is 1.79 bits per heavy atom. The van der Waals surface area contributed by atoms with Gasteiger partial charge in [-0.25, -0.2) is 4.79 Å². The number of aliphatic carboxylic acids is 1. The average Bonchev–Trinajstić information content (AvgIpc) is 2.71. The molecule has 2 rings (SSSR count). The molecule has 0 aromatic heterocycles. The third kappa shape index (κ3) is 5.73. The van der Waals surface area contributed by atoms with Crippen LogP contribution in [0.5, 0.6) is 11.5 Å². The molecule has 8 nitrogen and oxygen atoms in total. The van der Waals surface area contributed by atoms with Gasteiger partial charge in [-0.15, -0.1) is 0 Å². The molecule has 0 aliphatic carbocycles. The Kier molecular flexibility index (Phi) is 7.38. The van der Waals surface area contributed by atoms with Crippen LogP contribution in [0.2, 0.25) is 0 Å². The summed E-state index contributed by atoms with van der Waals surface area (Å²) < 4.78 is 10.5. The SMILES string of the molecule is CNC(=O)COc1ccc(C(=O)N[C@H](Cc2ccccc2)C(=O)O)cc1OC. The molecule has 2 aromatic carbocycles. The number of carboxylic acids is 1. The molecule has 2 amide bonds. The van der Waals surface area contributed by atoms with Gasteiger partial charge in [0, 0.05) is 19.0 Å². The van der Waals surface area contributed by atoms with Crippen molar-refractivity contribution < 1.29 is 29.0 Å². The lowest BCUT2D eigenvalue weighted by Crippen LogP contribution is -2.42. The molecule has 3 N–H and O–H groups in total. The fourth-order valence-corrected chi connectivity index (χ4v) is 2.43. The number of carboxylic acid groups (broad SMARTS) is 1. The molecule has 1 atom stereocenters. The number of likely N-dealkylation sites (N-methyl/N-ethyl adjacent to an activating group) is 1. The molecule has 0 unspecified atom stereocenters. The number of benzene rings is 2. The quantitative estimate of drug-likeness (QED) is 0.598. The predicted molar refractivity (Wildman–Crippen MR) is 102 cm³/mol. The fraction of sp³-hybridized carbons (Fsp3) is 0.250. The minimum absolute atomic E-state index is 0.159. The maximum atomic E-state index is 12.5. The summed E-state index contributed by atoms with van der Waals surface area (Å²) in [5.41, 5.74) is 1.01. The van der Waals surface area contributed by atoms with Gasteiger partial charge in [0.05, 0.1) is 7.11 Å². The zero-order valence-electron chi connectivity index (χ0n) is 15.6. The van der Waals surface area contributed by atoms with Crippen molar-refractivity contribution in [1.29, 1.82) is 0 Å². The summed E-state index contributed by atoms with van der Waals surface area (Å²) in [4.78, 5) is 35.3. The Hall–Kier alpha value is -3.55. The molecule has 148 valence electrons. The maximum Gasteiger partial charge on any atom is 0.326 e. The predicted octanol–water partition coefficient (Wildman–Crippen LogP) is 1.25. The highest BCUT2D eigenvalue weighted by atomic mass is 16.5. The summed E-state index contributed by atoms with van der Waals surface area (Å²) in [6, 6.07) is 12.3.